The number of carbonyl (C=O) groups excluding carboxylic acids is 1. The Bertz CT molecular complexity index is 659. The van der Waals surface area contributed by atoms with Crippen molar-refractivity contribution < 1.29 is 4.79 Å². The van der Waals surface area contributed by atoms with Crippen molar-refractivity contribution in [2.75, 3.05) is 6.54 Å². The molecule has 1 aromatic heterocycles. The molecule has 1 heterocycles. The van der Waals surface area contributed by atoms with E-state index >= 15 is 0 Å². The second kappa shape index (κ2) is 5.69. The molecule has 4 nitrogen and oxygen atoms in total. The maximum Gasteiger partial charge on any atom is 0.261 e. The molecule has 0 aliphatic rings. The average Bonchev–Trinajstić information content (AvgIpc) is 2.39. The molecule has 0 fully saturated rings. The number of carbonyl (C=O) groups is 1. The highest BCUT2D eigenvalue weighted by molar-refractivity contribution is 5.99. The summed E-state index contributed by atoms with van der Waals surface area (Å²) in [6, 6.07) is 7.50. The lowest BCUT2D eigenvalue weighted by molar-refractivity contribution is 0.0951. The Morgan fingerprint density at radius 3 is 2.79 bits per heavy atom. The molecule has 0 radical (unpaired) electrons. The number of hydrogen-bond acceptors (Lipinski definition) is 2. The van der Waals surface area contributed by atoms with Gasteiger partial charge in [-0.2, -0.15) is 0 Å². The van der Waals surface area contributed by atoms with Gasteiger partial charge in [0.2, 0.25) is 0 Å². The molecule has 2 aromatic rings. The second-order valence-corrected chi connectivity index (χ2v) is 4.61. The fraction of sp³-hybridized carbons (Fsp3) is 0.333. The highest BCUT2D eigenvalue weighted by Crippen LogP contribution is 2.16. The lowest BCUT2D eigenvalue weighted by atomic mass is 10.0. The van der Waals surface area contributed by atoms with E-state index in [1.54, 1.807) is 0 Å². The van der Waals surface area contributed by atoms with E-state index in [1.165, 1.54) is 0 Å². The zero-order chi connectivity index (χ0) is 13.8. The zero-order valence-electron chi connectivity index (χ0n) is 11.2. The van der Waals surface area contributed by atoms with Gasteiger partial charge in [0.25, 0.3) is 11.5 Å². The minimum atomic E-state index is -0.329. The number of fused-ring (bicyclic) bond motifs is 1. The number of H-pyrrole nitrogens is 1. The van der Waals surface area contributed by atoms with Gasteiger partial charge in [-0.1, -0.05) is 31.5 Å². The fourth-order valence-corrected chi connectivity index (χ4v) is 2.15. The zero-order valence-corrected chi connectivity index (χ0v) is 11.2. The number of unbranched alkanes of at least 4 members (excludes halogenated alkanes) is 1. The molecule has 4 heteroatoms. The number of hydrogen-bond donors (Lipinski definition) is 2. The highest BCUT2D eigenvalue weighted by Gasteiger charge is 2.15. The summed E-state index contributed by atoms with van der Waals surface area (Å²) in [5.74, 6) is -0.294. The van der Waals surface area contributed by atoms with E-state index in [2.05, 4.69) is 17.2 Å². The van der Waals surface area contributed by atoms with Crippen LogP contribution in [-0.4, -0.2) is 17.4 Å². The molecular weight excluding hydrogens is 240 g/mol. The Hall–Kier alpha value is -2.10. The number of amides is 1. The van der Waals surface area contributed by atoms with Gasteiger partial charge >= 0.3 is 0 Å². The molecule has 2 N–H and O–H groups in total. The van der Waals surface area contributed by atoms with Crippen LogP contribution in [-0.2, 0) is 0 Å². The Morgan fingerprint density at radius 2 is 2.05 bits per heavy atom. The predicted octanol–water partition coefficient (Wildman–Crippen LogP) is 2.37. The maximum atomic E-state index is 12.1. The summed E-state index contributed by atoms with van der Waals surface area (Å²) in [7, 11) is 0. The van der Waals surface area contributed by atoms with Crippen LogP contribution in [0.5, 0.6) is 0 Å². The summed E-state index contributed by atoms with van der Waals surface area (Å²) < 4.78 is 0. The van der Waals surface area contributed by atoms with E-state index in [-0.39, 0.29) is 17.0 Å². The van der Waals surface area contributed by atoms with Crippen molar-refractivity contribution in [3.63, 3.8) is 0 Å². The van der Waals surface area contributed by atoms with Gasteiger partial charge in [0, 0.05) is 17.4 Å². The largest absolute Gasteiger partial charge is 0.352 e. The lowest BCUT2D eigenvalue weighted by Gasteiger charge is -2.09. The van der Waals surface area contributed by atoms with Gasteiger partial charge in [0.05, 0.1) is 0 Å². The maximum absolute atomic E-state index is 12.1. The van der Waals surface area contributed by atoms with E-state index in [9.17, 15) is 9.59 Å². The van der Waals surface area contributed by atoms with Gasteiger partial charge in [-0.3, -0.25) is 9.59 Å². The van der Waals surface area contributed by atoms with Crippen LogP contribution < -0.4 is 10.9 Å². The van der Waals surface area contributed by atoms with Crippen molar-refractivity contribution in [1.29, 1.82) is 0 Å². The van der Waals surface area contributed by atoms with E-state index in [1.807, 2.05) is 31.2 Å². The molecule has 0 unspecified atom stereocenters. The number of rotatable bonds is 4. The molecule has 0 spiro atoms. The highest BCUT2D eigenvalue weighted by atomic mass is 16.2. The Morgan fingerprint density at radius 1 is 1.32 bits per heavy atom. The van der Waals surface area contributed by atoms with Crippen LogP contribution in [0.15, 0.2) is 29.1 Å². The van der Waals surface area contributed by atoms with E-state index < -0.39 is 0 Å². The molecule has 19 heavy (non-hydrogen) atoms. The first-order chi connectivity index (χ1) is 9.15. The number of benzene rings is 1. The normalized spacial score (nSPS) is 10.6. The van der Waals surface area contributed by atoms with Gasteiger partial charge in [0.15, 0.2) is 0 Å². The first-order valence-corrected chi connectivity index (χ1v) is 6.55. The van der Waals surface area contributed by atoms with E-state index in [4.69, 9.17) is 0 Å². The lowest BCUT2D eigenvalue weighted by Crippen LogP contribution is -2.31. The van der Waals surface area contributed by atoms with Crippen molar-refractivity contribution in [2.45, 2.75) is 26.7 Å². The molecule has 0 saturated carbocycles. The SMILES string of the molecule is CCCCNC(=O)c1c(C)c2ccccc2[nH]c1=O. The molecular formula is C15H18N2O2. The molecule has 0 bridgehead atoms. The van der Waals surface area contributed by atoms with Crippen LogP contribution in [0.3, 0.4) is 0 Å². The molecule has 1 amide bonds. The van der Waals surface area contributed by atoms with Gasteiger partial charge in [0.1, 0.15) is 5.56 Å². The summed E-state index contributed by atoms with van der Waals surface area (Å²) in [5.41, 5.74) is 1.38. The quantitative estimate of drug-likeness (QED) is 0.827. The third-order valence-electron chi connectivity index (χ3n) is 3.22. The molecule has 0 aliphatic carbocycles. The van der Waals surface area contributed by atoms with Crippen molar-refractivity contribution in [2.24, 2.45) is 0 Å². The van der Waals surface area contributed by atoms with Crippen molar-refractivity contribution in [1.82, 2.24) is 10.3 Å². The minimum absolute atomic E-state index is 0.217. The van der Waals surface area contributed by atoms with Crippen LogP contribution >= 0.6 is 0 Å². The second-order valence-electron chi connectivity index (χ2n) is 4.61. The predicted molar refractivity (Wildman–Crippen MR) is 76.5 cm³/mol. The third-order valence-corrected chi connectivity index (χ3v) is 3.22. The average molecular weight is 258 g/mol. The van der Waals surface area contributed by atoms with Crippen LogP contribution in [0, 0.1) is 6.92 Å². The monoisotopic (exact) mass is 258 g/mol. The van der Waals surface area contributed by atoms with Crippen LogP contribution in [0.4, 0.5) is 0 Å². The Kier molecular flexibility index (Phi) is 4.00. The molecule has 2 rings (SSSR count). The van der Waals surface area contributed by atoms with Gasteiger partial charge in [-0.25, -0.2) is 0 Å². The molecule has 0 saturated heterocycles. The molecule has 0 aliphatic heterocycles. The molecule has 0 atom stereocenters. The Balaban J connectivity index is 2.43. The van der Waals surface area contributed by atoms with Crippen molar-refractivity contribution in [3.8, 4) is 0 Å². The smallest absolute Gasteiger partial charge is 0.261 e. The molecule has 100 valence electrons. The topological polar surface area (TPSA) is 62.0 Å². The van der Waals surface area contributed by atoms with Crippen molar-refractivity contribution >= 4 is 16.8 Å². The van der Waals surface area contributed by atoms with Gasteiger partial charge in [-0.05, 0) is 25.0 Å². The number of aromatic amines is 1. The Labute approximate surface area is 111 Å². The van der Waals surface area contributed by atoms with Crippen LogP contribution in [0.2, 0.25) is 0 Å². The van der Waals surface area contributed by atoms with E-state index in [0.717, 1.165) is 29.3 Å². The number of para-hydroxylation sites is 1. The van der Waals surface area contributed by atoms with Crippen molar-refractivity contribution in [3.05, 3.63) is 45.7 Å². The summed E-state index contributed by atoms with van der Waals surface area (Å²) >= 11 is 0. The van der Waals surface area contributed by atoms with Gasteiger partial charge in [-0.15, -0.1) is 0 Å². The third kappa shape index (κ3) is 2.67. The summed E-state index contributed by atoms with van der Waals surface area (Å²) in [6.07, 6.45) is 1.92. The fourth-order valence-electron chi connectivity index (χ4n) is 2.15. The van der Waals surface area contributed by atoms with Crippen LogP contribution in [0.1, 0.15) is 35.7 Å². The number of nitrogens with one attached hydrogen (secondary N) is 2. The first kappa shape index (κ1) is 13.3. The minimum Gasteiger partial charge on any atom is -0.352 e. The summed E-state index contributed by atoms with van der Waals surface area (Å²) in [6.45, 7) is 4.47. The summed E-state index contributed by atoms with van der Waals surface area (Å²) in [4.78, 5) is 26.8. The number of aromatic nitrogens is 1. The first-order valence-electron chi connectivity index (χ1n) is 6.55. The van der Waals surface area contributed by atoms with Gasteiger partial charge < -0.3 is 10.3 Å². The standard InChI is InChI=1S/C15H18N2O2/c1-3-4-9-16-14(18)13-10(2)11-7-5-6-8-12(11)17-15(13)19/h5-8H,3-4,9H2,1-2H3,(H,16,18)(H,17,19). The van der Waals surface area contributed by atoms with E-state index in [0.29, 0.717) is 6.54 Å². The number of pyridine rings is 1. The molecule has 1 aromatic carbocycles. The van der Waals surface area contributed by atoms with Crippen LogP contribution in [0.25, 0.3) is 10.9 Å². The number of aryl methyl sites for hydroxylation is 1. The summed E-state index contributed by atoms with van der Waals surface area (Å²) in [5, 5.41) is 3.69.